The standard InChI is InChI=1S/C10H18O6/c1-5(3-9(13)14)15-10-8(12)4-7(11)6(2)16-10/h5-8,10-12H,3-4H2,1-2H3,(H,13,14)/p-1/t5-,6+,7-,8-,10-/m1/s1. The van der Waals surface area contributed by atoms with Gasteiger partial charge in [0.2, 0.25) is 0 Å². The van der Waals surface area contributed by atoms with Crippen molar-refractivity contribution in [1.29, 1.82) is 0 Å². The summed E-state index contributed by atoms with van der Waals surface area (Å²) in [6.07, 6.45) is -3.72. The molecule has 6 nitrogen and oxygen atoms in total. The van der Waals surface area contributed by atoms with Gasteiger partial charge in [-0.3, -0.25) is 0 Å². The summed E-state index contributed by atoms with van der Waals surface area (Å²) in [7, 11) is 0. The molecule has 0 unspecified atom stereocenters. The van der Waals surface area contributed by atoms with Crippen molar-refractivity contribution in [2.45, 2.75) is 57.4 Å². The Kier molecular flexibility index (Phi) is 4.67. The molecule has 1 aliphatic heterocycles. The van der Waals surface area contributed by atoms with Crippen LogP contribution in [0.5, 0.6) is 0 Å². The Labute approximate surface area is 93.8 Å². The van der Waals surface area contributed by atoms with E-state index in [0.717, 1.165) is 0 Å². The number of carboxylic acid groups (broad SMARTS) is 1. The molecule has 0 aromatic carbocycles. The van der Waals surface area contributed by atoms with Gasteiger partial charge in [0.05, 0.1) is 18.3 Å². The van der Waals surface area contributed by atoms with Crippen LogP contribution in [0.3, 0.4) is 0 Å². The van der Waals surface area contributed by atoms with Crippen LogP contribution in [0.25, 0.3) is 0 Å². The normalized spacial score (nSPS) is 37.0. The average molecular weight is 233 g/mol. The number of hydrogen-bond acceptors (Lipinski definition) is 6. The lowest BCUT2D eigenvalue weighted by Gasteiger charge is -2.36. The first-order valence-electron chi connectivity index (χ1n) is 5.27. The quantitative estimate of drug-likeness (QED) is 0.606. The first-order chi connectivity index (χ1) is 7.40. The van der Waals surface area contributed by atoms with Crippen LogP contribution in [-0.4, -0.2) is 46.9 Å². The van der Waals surface area contributed by atoms with Crippen LogP contribution in [-0.2, 0) is 14.3 Å². The number of aliphatic hydroxyl groups excluding tert-OH is 2. The van der Waals surface area contributed by atoms with E-state index in [9.17, 15) is 20.1 Å². The second-order valence-corrected chi connectivity index (χ2v) is 4.10. The summed E-state index contributed by atoms with van der Waals surface area (Å²) >= 11 is 0. The molecule has 0 spiro atoms. The van der Waals surface area contributed by atoms with E-state index in [0.29, 0.717) is 0 Å². The second kappa shape index (κ2) is 5.58. The minimum atomic E-state index is -1.22. The molecule has 1 saturated heterocycles. The molecule has 0 amide bonds. The van der Waals surface area contributed by atoms with Gasteiger partial charge < -0.3 is 29.6 Å². The average Bonchev–Trinajstić information content (AvgIpc) is 2.12. The van der Waals surface area contributed by atoms with E-state index in [2.05, 4.69) is 0 Å². The van der Waals surface area contributed by atoms with E-state index in [4.69, 9.17) is 9.47 Å². The van der Waals surface area contributed by atoms with Crippen molar-refractivity contribution in [3.8, 4) is 0 Å². The molecule has 2 N–H and O–H groups in total. The molecule has 1 fully saturated rings. The van der Waals surface area contributed by atoms with Gasteiger partial charge in [0.25, 0.3) is 0 Å². The van der Waals surface area contributed by atoms with E-state index in [1.807, 2.05) is 0 Å². The summed E-state index contributed by atoms with van der Waals surface area (Å²) in [6.45, 7) is 3.22. The number of aliphatic hydroxyl groups is 2. The van der Waals surface area contributed by atoms with Crippen LogP contribution in [0.15, 0.2) is 0 Å². The van der Waals surface area contributed by atoms with Crippen molar-refractivity contribution in [3.05, 3.63) is 0 Å². The summed E-state index contributed by atoms with van der Waals surface area (Å²) in [4.78, 5) is 10.3. The maximum atomic E-state index is 10.3. The Morgan fingerprint density at radius 2 is 2.19 bits per heavy atom. The summed E-state index contributed by atoms with van der Waals surface area (Å²) in [5.74, 6) is -1.22. The highest BCUT2D eigenvalue weighted by atomic mass is 16.7. The van der Waals surface area contributed by atoms with Crippen molar-refractivity contribution in [2.75, 3.05) is 0 Å². The van der Waals surface area contributed by atoms with Crippen LogP contribution in [0, 0.1) is 0 Å². The maximum Gasteiger partial charge on any atom is 0.184 e. The van der Waals surface area contributed by atoms with Crippen molar-refractivity contribution in [3.63, 3.8) is 0 Å². The fraction of sp³-hybridized carbons (Fsp3) is 0.900. The lowest BCUT2D eigenvalue weighted by molar-refractivity contribution is -0.312. The lowest BCUT2D eigenvalue weighted by Crippen LogP contribution is -2.48. The number of carboxylic acids is 1. The molecule has 0 aromatic rings. The number of rotatable bonds is 4. The third-order valence-corrected chi connectivity index (χ3v) is 2.51. The molecule has 5 atom stereocenters. The van der Waals surface area contributed by atoms with E-state index in [-0.39, 0.29) is 12.8 Å². The van der Waals surface area contributed by atoms with E-state index in [1.54, 1.807) is 13.8 Å². The molecule has 0 saturated carbocycles. The highest BCUT2D eigenvalue weighted by Gasteiger charge is 2.35. The molecule has 6 heteroatoms. The number of carbonyl (C=O) groups excluding carboxylic acids is 1. The Hall–Kier alpha value is -0.690. The van der Waals surface area contributed by atoms with Crippen molar-refractivity contribution >= 4 is 5.97 Å². The van der Waals surface area contributed by atoms with Gasteiger partial charge in [-0.1, -0.05) is 0 Å². The van der Waals surface area contributed by atoms with Crippen LogP contribution < -0.4 is 5.11 Å². The predicted octanol–water partition coefficient (Wildman–Crippen LogP) is -1.61. The molecule has 0 aromatic heterocycles. The molecule has 0 aliphatic carbocycles. The van der Waals surface area contributed by atoms with Gasteiger partial charge in [0, 0.05) is 18.8 Å². The van der Waals surface area contributed by atoms with Gasteiger partial charge in [-0.15, -0.1) is 0 Å². The number of carbonyl (C=O) groups is 1. The minimum Gasteiger partial charge on any atom is -0.550 e. The fourth-order valence-corrected chi connectivity index (χ4v) is 1.58. The molecule has 16 heavy (non-hydrogen) atoms. The van der Waals surface area contributed by atoms with Crippen molar-refractivity contribution in [1.82, 2.24) is 0 Å². The SMILES string of the molecule is C[C@H](CC(=O)[O-])O[C@@H]1O[C@@H](C)[C@H](O)C[C@H]1O. The van der Waals surface area contributed by atoms with Gasteiger partial charge in [-0.05, 0) is 13.8 Å². The lowest BCUT2D eigenvalue weighted by atomic mass is 10.0. The zero-order valence-corrected chi connectivity index (χ0v) is 9.33. The molecule has 1 rings (SSSR count). The Morgan fingerprint density at radius 1 is 1.56 bits per heavy atom. The highest BCUT2D eigenvalue weighted by molar-refractivity contribution is 5.64. The number of ether oxygens (including phenoxy) is 2. The van der Waals surface area contributed by atoms with Crippen molar-refractivity contribution < 1.29 is 29.6 Å². The Bertz CT molecular complexity index is 243. The summed E-state index contributed by atoms with van der Waals surface area (Å²) < 4.78 is 10.5. The molecular formula is C10H17O6-. The largest absolute Gasteiger partial charge is 0.550 e. The molecule has 1 aliphatic rings. The predicted molar refractivity (Wildman–Crippen MR) is 51.1 cm³/mol. The van der Waals surface area contributed by atoms with E-state index < -0.39 is 36.7 Å². The molecule has 0 radical (unpaired) electrons. The summed E-state index contributed by atoms with van der Waals surface area (Å²) in [5.41, 5.74) is 0. The van der Waals surface area contributed by atoms with Crippen molar-refractivity contribution in [2.24, 2.45) is 0 Å². The van der Waals surface area contributed by atoms with E-state index >= 15 is 0 Å². The van der Waals surface area contributed by atoms with Gasteiger partial charge >= 0.3 is 0 Å². The van der Waals surface area contributed by atoms with Crippen LogP contribution in [0.1, 0.15) is 26.7 Å². The van der Waals surface area contributed by atoms with Gasteiger partial charge in [0.15, 0.2) is 6.29 Å². The first kappa shape index (κ1) is 13.4. The number of hydrogen-bond donors (Lipinski definition) is 2. The second-order valence-electron chi connectivity index (χ2n) is 4.10. The Morgan fingerprint density at radius 3 is 2.75 bits per heavy atom. The monoisotopic (exact) mass is 233 g/mol. The van der Waals surface area contributed by atoms with Gasteiger partial charge in [0.1, 0.15) is 6.10 Å². The third-order valence-electron chi connectivity index (χ3n) is 2.51. The van der Waals surface area contributed by atoms with E-state index in [1.165, 1.54) is 0 Å². The topological polar surface area (TPSA) is 99.1 Å². The van der Waals surface area contributed by atoms with Crippen LogP contribution >= 0.6 is 0 Å². The van der Waals surface area contributed by atoms with Crippen LogP contribution in [0.2, 0.25) is 0 Å². The molecule has 94 valence electrons. The number of aliphatic carboxylic acids is 1. The zero-order valence-electron chi connectivity index (χ0n) is 9.33. The highest BCUT2D eigenvalue weighted by Crippen LogP contribution is 2.22. The smallest absolute Gasteiger partial charge is 0.184 e. The molecular weight excluding hydrogens is 216 g/mol. The van der Waals surface area contributed by atoms with Gasteiger partial charge in [-0.2, -0.15) is 0 Å². The third kappa shape index (κ3) is 3.71. The molecule has 0 bridgehead atoms. The summed E-state index contributed by atoms with van der Waals surface area (Å²) in [5, 5.41) is 29.3. The minimum absolute atomic E-state index is 0.157. The maximum absolute atomic E-state index is 10.3. The Balaban J connectivity index is 2.44. The fourth-order valence-electron chi connectivity index (χ4n) is 1.58. The summed E-state index contributed by atoms with van der Waals surface area (Å²) in [6, 6.07) is 0. The molecule has 1 heterocycles. The van der Waals surface area contributed by atoms with Crippen LogP contribution in [0.4, 0.5) is 0 Å². The zero-order chi connectivity index (χ0) is 12.3. The van der Waals surface area contributed by atoms with Gasteiger partial charge in [-0.25, -0.2) is 0 Å². The first-order valence-corrected chi connectivity index (χ1v) is 5.27.